The molecule has 0 radical (unpaired) electrons. The molecular weight excluding hydrogens is 426 g/mol. The predicted molar refractivity (Wildman–Crippen MR) is 126 cm³/mol. The number of amides is 1. The SMILES string of the molecule is CC(C)CCn1c(=O)c2ccccc2n2c(CCC(=O)NCc3ccccc3Cl)nnc12. The number of carbonyl (C=O) groups is 1. The Morgan fingerprint density at radius 3 is 2.62 bits per heavy atom. The molecule has 0 aliphatic carbocycles. The first-order valence-corrected chi connectivity index (χ1v) is 11.2. The molecule has 1 N–H and O–H groups in total. The van der Waals surface area contributed by atoms with Crippen molar-refractivity contribution >= 4 is 34.2 Å². The van der Waals surface area contributed by atoms with E-state index in [1.165, 1.54) is 0 Å². The monoisotopic (exact) mass is 451 g/mol. The number of aryl methyl sites for hydroxylation is 2. The Hall–Kier alpha value is -3.19. The van der Waals surface area contributed by atoms with Gasteiger partial charge in [-0.15, -0.1) is 10.2 Å². The van der Waals surface area contributed by atoms with Crippen LogP contribution in [0.4, 0.5) is 0 Å². The minimum Gasteiger partial charge on any atom is -0.352 e. The van der Waals surface area contributed by atoms with Crippen LogP contribution < -0.4 is 10.9 Å². The summed E-state index contributed by atoms with van der Waals surface area (Å²) in [5.41, 5.74) is 1.56. The first kappa shape index (κ1) is 22.0. The molecule has 0 aliphatic rings. The molecule has 2 aromatic carbocycles. The third-order valence-electron chi connectivity index (χ3n) is 5.51. The van der Waals surface area contributed by atoms with Crippen molar-refractivity contribution in [2.45, 2.75) is 46.2 Å². The molecule has 2 aromatic heterocycles. The summed E-state index contributed by atoms with van der Waals surface area (Å²) < 4.78 is 3.59. The first-order valence-electron chi connectivity index (χ1n) is 10.8. The molecule has 0 atom stereocenters. The number of carbonyl (C=O) groups excluding carboxylic acids is 1. The lowest BCUT2D eigenvalue weighted by Crippen LogP contribution is -2.25. The number of hydrogen-bond donors (Lipinski definition) is 1. The van der Waals surface area contributed by atoms with Crippen molar-refractivity contribution in [1.82, 2.24) is 24.5 Å². The van der Waals surface area contributed by atoms with Gasteiger partial charge in [-0.3, -0.25) is 18.6 Å². The highest BCUT2D eigenvalue weighted by Gasteiger charge is 2.17. The van der Waals surface area contributed by atoms with Gasteiger partial charge < -0.3 is 5.32 Å². The van der Waals surface area contributed by atoms with E-state index in [1.54, 1.807) is 10.6 Å². The third kappa shape index (κ3) is 4.53. The highest BCUT2D eigenvalue weighted by atomic mass is 35.5. The Morgan fingerprint density at radius 2 is 1.84 bits per heavy atom. The van der Waals surface area contributed by atoms with E-state index < -0.39 is 0 Å². The second-order valence-corrected chi connectivity index (χ2v) is 8.68. The van der Waals surface area contributed by atoms with Gasteiger partial charge in [0.05, 0.1) is 10.9 Å². The second-order valence-electron chi connectivity index (χ2n) is 8.28. The maximum Gasteiger partial charge on any atom is 0.262 e. The molecule has 0 unspecified atom stereocenters. The first-order chi connectivity index (χ1) is 15.5. The van der Waals surface area contributed by atoms with Crippen molar-refractivity contribution in [3.8, 4) is 0 Å². The lowest BCUT2D eigenvalue weighted by atomic mass is 10.1. The van der Waals surface area contributed by atoms with Crippen LogP contribution in [0, 0.1) is 5.92 Å². The van der Waals surface area contributed by atoms with Gasteiger partial charge in [-0.2, -0.15) is 0 Å². The minimum absolute atomic E-state index is 0.0646. The predicted octanol–water partition coefficient (Wildman–Crippen LogP) is 3.99. The lowest BCUT2D eigenvalue weighted by Gasteiger charge is -2.12. The standard InChI is InChI=1S/C24H26ClN5O2/c1-16(2)13-14-29-23(32)18-8-4-6-10-20(18)30-21(27-28-24(29)30)11-12-22(31)26-15-17-7-3-5-9-19(17)25/h3-10,16H,11-15H2,1-2H3,(H,26,31). The molecule has 4 aromatic rings. The van der Waals surface area contributed by atoms with E-state index >= 15 is 0 Å². The van der Waals surface area contributed by atoms with Gasteiger partial charge in [0.2, 0.25) is 11.7 Å². The van der Waals surface area contributed by atoms with Gasteiger partial charge in [0.25, 0.3) is 5.56 Å². The zero-order valence-electron chi connectivity index (χ0n) is 18.2. The van der Waals surface area contributed by atoms with Crippen LogP contribution in [0.5, 0.6) is 0 Å². The number of hydrogen-bond acceptors (Lipinski definition) is 4. The van der Waals surface area contributed by atoms with Crippen LogP contribution in [0.15, 0.2) is 53.3 Å². The molecule has 7 nitrogen and oxygen atoms in total. The number of aromatic nitrogens is 4. The second kappa shape index (κ2) is 9.53. The molecule has 0 saturated carbocycles. The number of fused-ring (bicyclic) bond motifs is 3. The molecule has 2 heterocycles. The zero-order chi connectivity index (χ0) is 22.7. The number of para-hydroxylation sites is 1. The Labute approximate surface area is 191 Å². The number of nitrogens with one attached hydrogen (secondary N) is 1. The summed E-state index contributed by atoms with van der Waals surface area (Å²) in [6.07, 6.45) is 1.52. The summed E-state index contributed by atoms with van der Waals surface area (Å²) in [5.74, 6) is 1.53. The van der Waals surface area contributed by atoms with E-state index in [-0.39, 0.29) is 17.9 Å². The van der Waals surface area contributed by atoms with Gasteiger partial charge in [0.1, 0.15) is 5.82 Å². The highest BCUT2D eigenvalue weighted by Crippen LogP contribution is 2.17. The maximum atomic E-state index is 13.1. The molecule has 1 amide bonds. The smallest absolute Gasteiger partial charge is 0.262 e. The molecule has 4 rings (SSSR count). The topological polar surface area (TPSA) is 81.3 Å². The van der Waals surface area contributed by atoms with Gasteiger partial charge in [-0.25, -0.2) is 0 Å². The van der Waals surface area contributed by atoms with E-state index in [4.69, 9.17) is 11.6 Å². The van der Waals surface area contributed by atoms with Crippen LogP contribution in [0.25, 0.3) is 16.7 Å². The summed E-state index contributed by atoms with van der Waals surface area (Å²) in [6, 6.07) is 14.9. The number of benzene rings is 2. The minimum atomic E-state index is -0.0981. The summed E-state index contributed by atoms with van der Waals surface area (Å²) >= 11 is 6.16. The summed E-state index contributed by atoms with van der Waals surface area (Å²) in [6.45, 7) is 5.19. The van der Waals surface area contributed by atoms with Crippen molar-refractivity contribution in [3.63, 3.8) is 0 Å². The van der Waals surface area contributed by atoms with E-state index in [0.29, 0.717) is 47.4 Å². The fraction of sp³-hybridized carbons (Fsp3) is 0.333. The van der Waals surface area contributed by atoms with Crippen LogP contribution >= 0.6 is 11.6 Å². The number of rotatable bonds is 8. The molecule has 166 valence electrons. The van der Waals surface area contributed by atoms with Gasteiger partial charge in [-0.05, 0) is 36.1 Å². The van der Waals surface area contributed by atoms with E-state index in [1.807, 2.05) is 46.9 Å². The van der Waals surface area contributed by atoms with Crippen molar-refractivity contribution < 1.29 is 4.79 Å². The number of nitrogens with zero attached hydrogens (tertiary/aromatic N) is 4. The average Bonchev–Trinajstić information content (AvgIpc) is 3.21. The number of halogens is 1. The fourth-order valence-corrected chi connectivity index (χ4v) is 3.92. The van der Waals surface area contributed by atoms with Gasteiger partial charge in [0.15, 0.2) is 0 Å². The quantitative estimate of drug-likeness (QED) is 0.439. The largest absolute Gasteiger partial charge is 0.352 e. The van der Waals surface area contributed by atoms with E-state index in [0.717, 1.165) is 17.5 Å². The average molecular weight is 452 g/mol. The maximum absolute atomic E-state index is 13.1. The van der Waals surface area contributed by atoms with E-state index in [9.17, 15) is 9.59 Å². The summed E-state index contributed by atoms with van der Waals surface area (Å²) in [5, 5.41) is 12.8. The van der Waals surface area contributed by atoms with Gasteiger partial charge >= 0.3 is 0 Å². The molecular formula is C24H26ClN5O2. The molecule has 0 bridgehead atoms. The Morgan fingerprint density at radius 1 is 1.09 bits per heavy atom. The molecule has 32 heavy (non-hydrogen) atoms. The molecule has 0 aliphatic heterocycles. The van der Waals surface area contributed by atoms with Crippen LogP contribution in [0.1, 0.15) is 38.1 Å². The Balaban J connectivity index is 1.59. The Bertz CT molecular complexity index is 1330. The van der Waals surface area contributed by atoms with Crippen molar-refractivity contribution in [3.05, 3.63) is 75.3 Å². The van der Waals surface area contributed by atoms with E-state index in [2.05, 4.69) is 29.4 Å². The fourth-order valence-electron chi connectivity index (χ4n) is 3.71. The zero-order valence-corrected chi connectivity index (χ0v) is 19.0. The van der Waals surface area contributed by atoms with Crippen LogP contribution in [0.2, 0.25) is 5.02 Å². The molecule has 8 heteroatoms. The van der Waals surface area contributed by atoms with Gasteiger partial charge in [-0.1, -0.05) is 55.8 Å². The highest BCUT2D eigenvalue weighted by molar-refractivity contribution is 6.31. The lowest BCUT2D eigenvalue weighted by molar-refractivity contribution is -0.121. The third-order valence-corrected chi connectivity index (χ3v) is 5.88. The Kier molecular flexibility index (Phi) is 6.55. The molecule has 0 spiro atoms. The van der Waals surface area contributed by atoms with Crippen LogP contribution in [-0.2, 0) is 24.3 Å². The van der Waals surface area contributed by atoms with Crippen LogP contribution in [-0.4, -0.2) is 25.1 Å². The van der Waals surface area contributed by atoms with Crippen LogP contribution in [0.3, 0.4) is 0 Å². The van der Waals surface area contributed by atoms with Crippen molar-refractivity contribution in [2.24, 2.45) is 5.92 Å². The summed E-state index contributed by atoms with van der Waals surface area (Å²) in [7, 11) is 0. The van der Waals surface area contributed by atoms with Gasteiger partial charge in [0, 0.05) is 31.0 Å². The molecule has 0 saturated heterocycles. The van der Waals surface area contributed by atoms with Crippen molar-refractivity contribution in [2.75, 3.05) is 0 Å². The normalized spacial score (nSPS) is 11.5. The molecule has 0 fully saturated rings. The van der Waals surface area contributed by atoms with Crippen molar-refractivity contribution in [1.29, 1.82) is 0 Å². The summed E-state index contributed by atoms with van der Waals surface area (Å²) in [4.78, 5) is 25.5.